The van der Waals surface area contributed by atoms with Crippen molar-refractivity contribution in [2.45, 2.75) is 6.54 Å². The number of aromatic nitrogens is 2. The van der Waals surface area contributed by atoms with E-state index >= 15 is 0 Å². The molecule has 7 heteroatoms. The number of para-hydroxylation sites is 1. The number of fused-ring (bicyclic) bond motifs is 1. The Morgan fingerprint density at radius 1 is 0.852 bits per heavy atom. The summed E-state index contributed by atoms with van der Waals surface area (Å²) in [5.74, 6) is 1.73. The second-order valence-electron chi connectivity index (χ2n) is 6.52. The SMILES string of the molecule is CN1CCN(c2nc(NCc3ccccc3)c3ccccc3n2)CC1.Cl.Cl. The van der Waals surface area contributed by atoms with Gasteiger partial charge in [-0.3, -0.25) is 0 Å². The van der Waals surface area contributed by atoms with E-state index in [1.54, 1.807) is 0 Å². The maximum absolute atomic E-state index is 4.85. The van der Waals surface area contributed by atoms with Crippen molar-refractivity contribution in [1.29, 1.82) is 0 Å². The number of piperazine rings is 1. The van der Waals surface area contributed by atoms with Crippen LogP contribution in [0.15, 0.2) is 54.6 Å². The molecule has 0 radical (unpaired) electrons. The Labute approximate surface area is 172 Å². The van der Waals surface area contributed by atoms with E-state index in [2.05, 4.69) is 58.6 Å². The number of nitrogens with zero attached hydrogens (tertiary/aromatic N) is 4. The Balaban J connectivity index is 0.00000131. The fourth-order valence-corrected chi connectivity index (χ4v) is 3.13. The average molecular weight is 406 g/mol. The van der Waals surface area contributed by atoms with Crippen LogP contribution in [0.25, 0.3) is 10.9 Å². The third-order valence-corrected chi connectivity index (χ3v) is 4.68. The number of likely N-dealkylation sites (N-methyl/N-ethyl adjacent to an activating group) is 1. The van der Waals surface area contributed by atoms with E-state index in [-0.39, 0.29) is 24.8 Å². The fourth-order valence-electron chi connectivity index (χ4n) is 3.13. The molecular formula is C20H25Cl2N5. The van der Waals surface area contributed by atoms with Gasteiger partial charge in [0.25, 0.3) is 0 Å². The molecule has 4 rings (SSSR count). The number of anilines is 2. The second-order valence-corrected chi connectivity index (χ2v) is 6.52. The highest BCUT2D eigenvalue weighted by atomic mass is 35.5. The summed E-state index contributed by atoms with van der Waals surface area (Å²) in [5.41, 5.74) is 2.23. The molecule has 144 valence electrons. The van der Waals surface area contributed by atoms with Gasteiger partial charge in [0.1, 0.15) is 5.82 Å². The predicted molar refractivity (Wildman–Crippen MR) is 118 cm³/mol. The quantitative estimate of drug-likeness (QED) is 0.714. The van der Waals surface area contributed by atoms with Gasteiger partial charge in [-0.25, -0.2) is 4.98 Å². The normalized spacial score (nSPS) is 14.3. The molecule has 1 N–H and O–H groups in total. The first kappa shape index (κ1) is 21.2. The summed E-state index contributed by atoms with van der Waals surface area (Å²) in [6.45, 7) is 4.77. The minimum Gasteiger partial charge on any atom is -0.365 e. The molecule has 0 atom stereocenters. The molecule has 2 heterocycles. The highest BCUT2D eigenvalue weighted by Gasteiger charge is 2.18. The first-order valence-electron chi connectivity index (χ1n) is 8.78. The van der Waals surface area contributed by atoms with Gasteiger partial charge in [0, 0.05) is 38.1 Å². The molecule has 0 bridgehead atoms. The molecule has 0 amide bonds. The third-order valence-electron chi connectivity index (χ3n) is 4.68. The van der Waals surface area contributed by atoms with Crippen molar-refractivity contribution in [3.63, 3.8) is 0 Å². The lowest BCUT2D eigenvalue weighted by atomic mass is 10.2. The topological polar surface area (TPSA) is 44.3 Å². The maximum atomic E-state index is 4.85. The van der Waals surface area contributed by atoms with Crippen LogP contribution in [0, 0.1) is 0 Å². The zero-order valence-corrected chi connectivity index (χ0v) is 17.0. The Kier molecular flexibility index (Phi) is 7.66. The molecule has 1 saturated heterocycles. The third kappa shape index (κ3) is 5.01. The largest absolute Gasteiger partial charge is 0.365 e. The van der Waals surface area contributed by atoms with Gasteiger partial charge < -0.3 is 15.1 Å². The van der Waals surface area contributed by atoms with Gasteiger partial charge in [-0.05, 0) is 24.7 Å². The average Bonchev–Trinajstić information content (AvgIpc) is 2.67. The van der Waals surface area contributed by atoms with Gasteiger partial charge in [-0.1, -0.05) is 42.5 Å². The summed E-state index contributed by atoms with van der Waals surface area (Å²) in [6.07, 6.45) is 0. The van der Waals surface area contributed by atoms with Crippen molar-refractivity contribution < 1.29 is 0 Å². The summed E-state index contributed by atoms with van der Waals surface area (Å²) >= 11 is 0. The smallest absolute Gasteiger partial charge is 0.227 e. The molecule has 0 aliphatic carbocycles. The van der Waals surface area contributed by atoms with Crippen molar-refractivity contribution >= 4 is 47.5 Å². The minimum absolute atomic E-state index is 0. The van der Waals surface area contributed by atoms with E-state index in [0.29, 0.717) is 0 Å². The molecule has 1 fully saturated rings. The molecule has 0 spiro atoms. The van der Waals surface area contributed by atoms with E-state index in [1.807, 2.05) is 18.2 Å². The number of benzene rings is 2. The van der Waals surface area contributed by atoms with Crippen molar-refractivity contribution in [2.75, 3.05) is 43.4 Å². The van der Waals surface area contributed by atoms with E-state index < -0.39 is 0 Å². The maximum Gasteiger partial charge on any atom is 0.227 e. The van der Waals surface area contributed by atoms with Gasteiger partial charge in [0.05, 0.1) is 5.52 Å². The number of hydrogen-bond donors (Lipinski definition) is 1. The van der Waals surface area contributed by atoms with Gasteiger partial charge in [0.15, 0.2) is 0 Å². The minimum atomic E-state index is 0. The van der Waals surface area contributed by atoms with Crippen molar-refractivity contribution in [3.8, 4) is 0 Å². The molecule has 3 aromatic rings. The second kappa shape index (κ2) is 9.74. The van der Waals surface area contributed by atoms with E-state index in [0.717, 1.165) is 55.4 Å². The Bertz CT molecular complexity index is 851. The van der Waals surface area contributed by atoms with Crippen LogP contribution in [-0.4, -0.2) is 48.1 Å². The van der Waals surface area contributed by atoms with Crippen LogP contribution < -0.4 is 10.2 Å². The molecule has 27 heavy (non-hydrogen) atoms. The molecule has 0 unspecified atom stereocenters. The first-order valence-corrected chi connectivity index (χ1v) is 8.78. The predicted octanol–water partition coefficient (Wildman–Crippen LogP) is 3.84. The lowest BCUT2D eigenvalue weighted by Gasteiger charge is -2.32. The van der Waals surface area contributed by atoms with Gasteiger partial charge in [0.2, 0.25) is 5.95 Å². The number of halogens is 2. The van der Waals surface area contributed by atoms with Crippen LogP contribution in [0.2, 0.25) is 0 Å². The molecule has 1 aliphatic heterocycles. The molecule has 2 aromatic carbocycles. The van der Waals surface area contributed by atoms with Crippen LogP contribution in [0.1, 0.15) is 5.56 Å². The zero-order chi connectivity index (χ0) is 17.1. The highest BCUT2D eigenvalue weighted by Crippen LogP contribution is 2.24. The molecule has 5 nitrogen and oxygen atoms in total. The van der Waals surface area contributed by atoms with Crippen LogP contribution >= 0.6 is 24.8 Å². The van der Waals surface area contributed by atoms with Crippen LogP contribution in [-0.2, 0) is 6.54 Å². The van der Waals surface area contributed by atoms with Crippen LogP contribution in [0.5, 0.6) is 0 Å². The number of rotatable bonds is 4. The Hall–Kier alpha value is -2.08. The number of nitrogens with one attached hydrogen (secondary N) is 1. The van der Waals surface area contributed by atoms with Crippen LogP contribution in [0.4, 0.5) is 11.8 Å². The summed E-state index contributed by atoms with van der Waals surface area (Å²) in [6, 6.07) is 18.6. The molecular weight excluding hydrogens is 381 g/mol. The zero-order valence-electron chi connectivity index (χ0n) is 15.3. The molecule has 1 aromatic heterocycles. The lowest BCUT2D eigenvalue weighted by Crippen LogP contribution is -2.45. The van der Waals surface area contributed by atoms with Crippen molar-refractivity contribution in [3.05, 3.63) is 60.2 Å². The summed E-state index contributed by atoms with van der Waals surface area (Å²) in [7, 11) is 2.16. The monoisotopic (exact) mass is 405 g/mol. The van der Waals surface area contributed by atoms with E-state index in [9.17, 15) is 0 Å². The first-order chi connectivity index (χ1) is 12.3. The summed E-state index contributed by atoms with van der Waals surface area (Å²) in [5, 5.41) is 4.57. The van der Waals surface area contributed by atoms with Gasteiger partial charge >= 0.3 is 0 Å². The van der Waals surface area contributed by atoms with Gasteiger partial charge in [-0.2, -0.15) is 4.98 Å². The molecule has 1 aliphatic rings. The number of hydrogen-bond acceptors (Lipinski definition) is 5. The van der Waals surface area contributed by atoms with Crippen molar-refractivity contribution in [2.24, 2.45) is 0 Å². The van der Waals surface area contributed by atoms with Crippen LogP contribution in [0.3, 0.4) is 0 Å². The molecule has 0 saturated carbocycles. The highest BCUT2D eigenvalue weighted by molar-refractivity contribution is 5.90. The van der Waals surface area contributed by atoms with E-state index in [4.69, 9.17) is 9.97 Å². The summed E-state index contributed by atoms with van der Waals surface area (Å²) in [4.78, 5) is 14.3. The Morgan fingerprint density at radius 2 is 1.52 bits per heavy atom. The Morgan fingerprint density at radius 3 is 2.26 bits per heavy atom. The standard InChI is InChI=1S/C20H23N5.2ClH/c1-24-11-13-25(14-12-24)20-22-18-10-6-5-9-17(18)19(23-20)21-15-16-7-3-2-4-8-16;;/h2-10H,11-15H2,1H3,(H,21,22,23);2*1H. The summed E-state index contributed by atoms with van der Waals surface area (Å²) < 4.78 is 0. The van der Waals surface area contributed by atoms with Crippen molar-refractivity contribution in [1.82, 2.24) is 14.9 Å². The van der Waals surface area contributed by atoms with E-state index in [1.165, 1.54) is 5.56 Å². The fraction of sp³-hybridized carbons (Fsp3) is 0.300. The lowest BCUT2D eigenvalue weighted by molar-refractivity contribution is 0.311. The van der Waals surface area contributed by atoms with Gasteiger partial charge in [-0.15, -0.1) is 24.8 Å².